The normalized spacial score (nSPS) is 23.3. The van der Waals surface area contributed by atoms with Crippen LogP contribution < -0.4 is 10.9 Å². The first-order chi connectivity index (χ1) is 9.22. The van der Waals surface area contributed by atoms with Crippen LogP contribution in [0.1, 0.15) is 52.4 Å². The Balaban J connectivity index is 2.02. The fourth-order valence-corrected chi connectivity index (χ4v) is 3.06. The van der Waals surface area contributed by atoms with E-state index in [-0.39, 0.29) is 5.56 Å². The van der Waals surface area contributed by atoms with Crippen molar-refractivity contribution in [3.63, 3.8) is 0 Å². The Kier molecular flexibility index (Phi) is 5.06. The molecule has 1 aromatic rings. The van der Waals surface area contributed by atoms with E-state index >= 15 is 0 Å². The summed E-state index contributed by atoms with van der Waals surface area (Å²) in [5.41, 5.74) is 1.19. The zero-order valence-electron chi connectivity index (χ0n) is 12.2. The maximum atomic E-state index is 11.7. The third kappa shape index (κ3) is 3.85. The molecule has 2 atom stereocenters. The minimum atomic E-state index is 0.0995. The van der Waals surface area contributed by atoms with E-state index in [1.165, 1.54) is 32.1 Å². The van der Waals surface area contributed by atoms with Gasteiger partial charge in [0.25, 0.3) is 5.56 Å². The Morgan fingerprint density at radius 1 is 1.32 bits per heavy atom. The van der Waals surface area contributed by atoms with Crippen molar-refractivity contribution in [2.75, 3.05) is 5.32 Å². The fraction of sp³-hybridized carbons (Fsp3) is 0.688. The van der Waals surface area contributed by atoms with Crippen molar-refractivity contribution in [2.45, 2.75) is 65.0 Å². The van der Waals surface area contributed by atoms with Crippen LogP contribution in [-0.4, -0.2) is 10.6 Å². The standard InChI is InChI=1S/C16H26N2O/c1-3-10-18-12-15(8-9-16(18)19)17-14-7-5-6-13(4-2)11-14/h8-9,12-14,17H,3-7,10-11H2,1-2H3. The van der Waals surface area contributed by atoms with E-state index < -0.39 is 0 Å². The van der Waals surface area contributed by atoms with Crippen LogP contribution in [0.3, 0.4) is 0 Å². The van der Waals surface area contributed by atoms with E-state index in [9.17, 15) is 4.79 Å². The van der Waals surface area contributed by atoms with Gasteiger partial charge in [0.05, 0.1) is 5.69 Å². The van der Waals surface area contributed by atoms with E-state index in [0.29, 0.717) is 6.04 Å². The number of anilines is 1. The molecule has 0 amide bonds. The Hall–Kier alpha value is -1.25. The molecule has 2 unspecified atom stereocenters. The number of nitrogens with zero attached hydrogens (tertiary/aromatic N) is 1. The average molecular weight is 262 g/mol. The highest BCUT2D eigenvalue weighted by Crippen LogP contribution is 2.28. The monoisotopic (exact) mass is 262 g/mol. The topological polar surface area (TPSA) is 34.0 Å². The molecule has 1 fully saturated rings. The first-order valence-electron chi connectivity index (χ1n) is 7.70. The zero-order valence-corrected chi connectivity index (χ0v) is 12.2. The predicted octanol–water partition coefficient (Wildman–Crippen LogP) is 3.64. The largest absolute Gasteiger partial charge is 0.381 e. The average Bonchev–Trinajstić information content (AvgIpc) is 2.43. The van der Waals surface area contributed by atoms with Crippen LogP contribution in [0.15, 0.2) is 23.1 Å². The SMILES string of the molecule is CCCn1cc(NC2CCCC(CC)C2)ccc1=O. The summed E-state index contributed by atoms with van der Waals surface area (Å²) in [6.45, 7) is 5.19. The lowest BCUT2D eigenvalue weighted by Gasteiger charge is -2.30. The lowest BCUT2D eigenvalue weighted by molar-refractivity contribution is 0.327. The molecule has 0 aliphatic heterocycles. The van der Waals surface area contributed by atoms with Gasteiger partial charge < -0.3 is 9.88 Å². The van der Waals surface area contributed by atoms with Crippen molar-refractivity contribution >= 4 is 5.69 Å². The summed E-state index contributed by atoms with van der Waals surface area (Å²) in [5, 5.41) is 3.61. The summed E-state index contributed by atoms with van der Waals surface area (Å²) in [7, 11) is 0. The van der Waals surface area contributed by atoms with Crippen molar-refractivity contribution in [1.82, 2.24) is 4.57 Å². The molecule has 0 saturated heterocycles. The van der Waals surface area contributed by atoms with E-state index in [1.807, 2.05) is 16.8 Å². The molecule has 1 aliphatic carbocycles. The van der Waals surface area contributed by atoms with Crippen LogP contribution in [-0.2, 0) is 6.54 Å². The highest BCUT2D eigenvalue weighted by Gasteiger charge is 2.20. The number of aromatic nitrogens is 1. The molecule has 1 heterocycles. The van der Waals surface area contributed by atoms with E-state index in [1.54, 1.807) is 6.07 Å². The Labute approximate surface area is 116 Å². The van der Waals surface area contributed by atoms with Gasteiger partial charge in [0.2, 0.25) is 0 Å². The molecular weight excluding hydrogens is 236 g/mol. The van der Waals surface area contributed by atoms with Gasteiger partial charge in [-0.25, -0.2) is 0 Å². The van der Waals surface area contributed by atoms with Gasteiger partial charge in [0.15, 0.2) is 0 Å². The molecule has 3 nitrogen and oxygen atoms in total. The van der Waals surface area contributed by atoms with Gasteiger partial charge in [-0.1, -0.05) is 33.1 Å². The van der Waals surface area contributed by atoms with Crippen LogP contribution >= 0.6 is 0 Å². The highest BCUT2D eigenvalue weighted by molar-refractivity contribution is 5.41. The van der Waals surface area contributed by atoms with Gasteiger partial charge in [0.1, 0.15) is 0 Å². The van der Waals surface area contributed by atoms with Gasteiger partial charge in [-0.05, 0) is 31.2 Å². The molecule has 1 saturated carbocycles. The molecule has 1 N–H and O–H groups in total. The molecule has 1 aliphatic rings. The third-order valence-corrected chi connectivity index (χ3v) is 4.18. The number of aryl methyl sites for hydroxylation is 1. The summed E-state index contributed by atoms with van der Waals surface area (Å²) in [5.74, 6) is 0.868. The van der Waals surface area contributed by atoms with Gasteiger partial charge in [-0.2, -0.15) is 0 Å². The lowest BCUT2D eigenvalue weighted by atomic mass is 9.84. The van der Waals surface area contributed by atoms with Gasteiger partial charge in [0, 0.05) is 24.8 Å². The Morgan fingerprint density at radius 2 is 2.16 bits per heavy atom. The second-order valence-electron chi connectivity index (χ2n) is 5.73. The molecule has 0 bridgehead atoms. The molecule has 0 spiro atoms. The van der Waals surface area contributed by atoms with Crippen molar-refractivity contribution in [3.05, 3.63) is 28.7 Å². The van der Waals surface area contributed by atoms with Crippen LogP contribution in [0.4, 0.5) is 5.69 Å². The van der Waals surface area contributed by atoms with Crippen molar-refractivity contribution in [3.8, 4) is 0 Å². The first-order valence-corrected chi connectivity index (χ1v) is 7.70. The lowest BCUT2D eigenvalue weighted by Crippen LogP contribution is -2.28. The first kappa shape index (κ1) is 14.2. The summed E-state index contributed by atoms with van der Waals surface area (Å²) >= 11 is 0. The van der Waals surface area contributed by atoms with Gasteiger partial charge in [-0.3, -0.25) is 4.79 Å². The molecule has 0 radical (unpaired) electrons. The summed E-state index contributed by atoms with van der Waals surface area (Å²) in [4.78, 5) is 11.7. The summed E-state index contributed by atoms with van der Waals surface area (Å²) < 4.78 is 1.81. The highest BCUT2D eigenvalue weighted by atomic mass is 16.1. The predicted molar refractivity (Wildman–Crippen MR) is 80.7 cm³/mol. The van der Waals surface area contributed by atoms with Crippen molar-refractivity contribution < 1.29 is 0 Å². The van der Waals surface area contributed by atoms with E-state index in [4.69, 9.17) is 0 Å². The number of nitrogens with one attached hydrogen (secondary N) is 1. The number of hydrogen-bond acceptors (Lipinski definition) is 2. The molecule has 106 valence electrons. The summed E-state index contributed by atoms with van der Waals surface area (Å²) in [6, 6.07) is 4.17. The fourth-order valence-electron chi connectivity index (χ4n) is 3.06. The molecule has 19 heavy (non-hydrogen) atoms. The maximum Gasteiger partial charge on any atom is 0.250 e. The Morgan fingerprint density at radius 3 is 2.89 bits per heavy atom. The van der Waals surface area contributed by atoms with Gasteiger partial charge >= 0.3 is 0 Å². The van der Waals surface area contributed by atoms with E-state index in [2.05, 4.69) is 19.2 Å². The number of pyridine rings is 1. The van der Waals surface area contributed by atoms with Crippen LogP contribution in [0.2, 0.25) is 0 Å². The Bertz CT molecular complexity index is 452. The molecule has 0 aromatic carbocycles. The van der Waals surface area contributed by atoms with Crippen LogP contribution in [0.25, 0.3) is 0 Å². The molecular formula is C16H26N2O. The smallest absolute Gasteiger partial charge is 0.250 e. The van der Waals surface area contributed by atoms with Crippen LogP contribution in [0.5, 0.6) is 0 Å². The number of hydrogen-bond donors (Lipinski definition) is 1. The maximum absolute atomic E-state index is 11.7. The van der Waals surface area contributed by atoms with E-state index in [0.717, 1.165) is 24.6 Å². The van der Waals surface area contributed by atoms with Crippen LogP contribution in [0, 0.1) is 5.92 Å². The quantitative estimate of drug-likeness (QED) is 0.879. The van der Waals surface area contributed by atoms with Gasteiger partial charge in [-0.15, -0.1) is 0 Å². The zero-order chi connectivity index (χ0) is 13.7. The molecule has 2 rings (SSSR count). The van der Waals surface area contributed by atoms with Crippen molar-refractivity contribution in [2.24, 2.45) is 5.92 Å². The second kappa shape index (κ2) is 6.78. The summed E-state index contributed by atoms with van der Waals surface area (Å²) in [6.07, 6.45) is 9.47. The molecule has 1 aromatic heterocycles. The third-order valence-electron chi connectivity index (χ3n) is 4.18. The minimum Gasteiger partial charge on any atom is -0.381 e. The minimum absolute atomic E-state index is 0.0995. The molecule has 3 heteroatoms. The second-order valence-corrected chi connectivity index (χ2v) is 5.73. The number of rotatable bonds is 5. The van der Waals surface area contributed by atoms with Crippen molar-refractivity contribution in [1.29, 1.82) is 0 Å².